The Labute approximate surface area is 96.9 Å². The molecule has 0 aliphatic carbocycles. The average Bonchev–Trinajstić information content (AvgIpc) is 2.77. The van der Waals surface area contributed by atoms with Crippen LogP contribution in [0.5, 0.6) is 0 Å². The molecule has 1 heterocycles. The lowest BCUT2D eigenvalue weighted by molar-refractivity contribution is 0.0999. The van der Waals surface area contributed by atoms with Gasteiger partial charge in [0.15, 0.2) is 5.76 Å². The third-order valence-electron chi connectivity index (χ3n) is 2.42. The van der Waals surface area contributed by atoms with E-state index >= 15 is 0 Å². The minimum atomic E-state index is -0.885. The van der Waals surface area contributed by atoms with E-state index in [0.717, 1.165) is 12.1 Å². The topological polar surface area (TPSA) is 30.2 Å². The molecule has 0 amide bonds. The van der Waals surface area contributed by atoms with Crippen LogP contribution in [0.2, 0.25) is 0 Å². The van der Waals surface area contributed by atoms with Crippen LogP contribution in [0.3, 0.4) is 0 Å². The van der Waals surface area contributed by atoms with Crippen molar-refractivity contribution in [3.63, 3.8) is 0 Å². The van der Waals surface area contributed by atoms with Gasteiger partial charge in [0.05, 0.1) is 5.56 Å². The summed E-state index contributed by atoms with van der Waals surface area (Å²) in [6, 6.07) is 6.33. The number of ketones is 1. The summed E-state index contributed by atoms with van der Waals surface area (Å²) in [6.45, 7) is 1.86. The Balaban J connectivity index is 2.43. The molecular weight excluding hydrogens is 226 g/mol. The molecule has 0 spiro atoms. The van der Waals surface area contributed by atoms with Crippen molar-refractivity contribution in [2.24, 2.45) is 0 Å². The van der Waals surface area contributed by atoms with Crippen LogP contribution in [-0.4, -0.2) is 5.78 Å². The lowest BCUT2D eigenvalue weighted by Crippen LogP contribution is -2.06. The molecule has 2 aromatic rings. The molecular formula is C13H10F2O2. The molecule has 0 bridgehead atoms. The molecule has 4 heteroatoms. The summed E-state index contributed by atoms with van der Waals surface area (Å²) in [4.78, 5) is 11.8. The zero-order valence-corrected chi connectivity index (χ0v) is 9.17. The first-order valence-electron chi connectivity index (χ1n) is 5.21. The zero-order valence-electron chi connectivity index (χ0n) is 9.17. The van der Waals surface area contributed by atoms with Crippen molar-refractivity contribution in [1.82, 2.24) is 0 Å². The van der Waals surface area contributed by atoms with Crippen molar-refractivity contribution in [3.8, 4) is 0 Å². The SMILES string of the molecule is CCc1ccc(C(=O)c2c(F)cccc2F)o1. The third kappa shape index (κ3) is 2.11. The summed E-state index contributed by atoms with van der Waals surface area (Å²) >= 11 is 0. The molecule has 0 fully saturated rings. The standard InChI is InChI=1S/C13H10F2O2/c1-2-8-6-7-11(17-8)13(16)12-9(14)4-3-5-10(12)15/h3-7H,2H2,1H3. The zero-order chi connectivity index (χ0) is 12.4. The molecule has 1 aromatic carbocycles. The Morgan fingerprint density at radius 3 is 2.35 bits per heavy atom. The summed E-state index contributed by atoms with van der Waals surface area (Å²) < 4.78 is 31.9. The predicted octanol–water partition coefficient (Wildman–Crippen LogP) is 3.35. The fraction of sp³-hybridized carbons (Fsp3) is 0.154. The molecule has 1 aromatic heterocycles. The van der Waals surface area contributed by atoms with Crippen molar-refractivity contribution >= 4 is 5.78 Å². The van der Waals surface area contributed by atoms with E-state index in [1.807, 2.05) is 6.92 Å². The first-order valence-corrected chi connectivity index (χ1v) is 5.21. The maximum Gasteiger partial charge on any atom is 0.234 e. The van der Waals surface area contributed by atoms with E-state index in [0.29, 0.717) is 12.2 Å². The quantitative estimate of drug-likeness (QED) is 0.765. The minimum Gasteiger partial charge on any atom is -0.458 e. The van der Waals surface area contributed by atoms with Crippen molar-refractivity contribution < 1.29 is 18.0 Å². The van der Waals surface area contributed by atoms with Gasteiger partial charge < -0.3 is 4.42 Å². The van der Waals surface area contributed by atoms with Crippen LogP contribution < -0.4 is 0 Å². The van der Waals surface area contributed by atoms with Crippen LogP contribution in [0.4, 0.5) is 8.78 Å². The number of halogens is 2. The van der Waals surface area contributed by atoms with Crippen LogP contribution in [0, 0.1) is 11.6 Å². The van der Waals surface area contributed by atoms with Crippen LogP contribution >= 0.6 is 0 Å². The highest BCUT2D eigenvalue weighted by molar-refractivity contribution is 6.07. The summed E-state index contributed by atoms with van der Waals surface area (Å²) in [5.41, 5.74) is -0.579. The number of carbonyl (C=O) groups excluding carboxylic acids is 1. The number of aryl methyl sites for hydroxylation is 1. The summed E-state index contributed by atoms with van der Waals surface area (Å²) in [5.74, 6) is -2.00. The average molecular weight is 236 g/mol. The molecule has 2 rings (SSSR count). The van der Waals surface area contributed by atoms with E-state index in [9.17, 15) is 13.6 Å². The van der Waals surface area contributed by atoms with Gasteiger partial charge in [-0.05, 0) is 24.3 Å². The highest BCUT2D eigenvalue weighted by Gasteiger charge is 2.21. The van der Waals surface area contributed by atoms with Gasteiger partial charge in [0.1, 0.15) is 17.4 Å². The van der Waals surface area contributed by atoms with Gasteiger partial charge in [-0.2, -0.15) is 0 Å². The second-order valence-corrected chi connectivity index (χ2v) is 3.55. The normalized spacial score (nSPS) is 10.5. The minimum absolute atomic E-state index is 0.0501. The highest BCUT2D eigenvalue weighted by atomic mass is 19.1. The van der Waals surface area contributed by atoms with Gasteiger partial charge in [-0.25, -0.2) is 8.78 Å². The van der Waals surface area contributed by atoms with Crippen molar-refractivity contribution in [2.75, 3.05) is 0 Å². The summed E-state index contributed by atoms with van der Waals surface area (Å²) in [5, 5.41) is 0. The lowest BCUT2D eigenvalue weighted by atomic mass is 10.1. The molecule has 2 nitrogen and oxygen atoms in total. The molecule has 0 aliphatic heterocycles. The van der Waals surface area contributed by atoms with E-state index < -0.39 is 23.0 Å². The maximum absolute atomic E-state index is 13.4. The van der Waals surface area contributed by atoms with Crippen LogP contribution in [-0.2, 0) is 6.42 Å². The van der Waals surface area contributed by atoms with Crippen molar-refractivity contribution in [3.05, 3.63) is 59.1 Å². The van der Waals surface area contributed by atoms with E-state index in [-0.39, 0.29) is 5.76 Å². The first-order chi connectivity index (χ1) is 8.13. The third-order valence-corrected chi connectivity index (χ3v) is 2.42. The molecule has 0 unspecified atom stereocenters. The Kier molecular flexibility index (Phi) is 3.04. The molecule has 0 N–H and O–H groups in total. The molecule has 0 saturated carbocycles. The second-order valence-electron chi connectivity index (χ2n) is 3.55. The summed E-state index contributed by atoms with van der Waals surface area (Å²) in [6.07, 6.45) is 0.618. The number of hydrogen-bond acceptors (Lipinski definition) is 2. The predicted molar refractivity (Wildman–Crippen MR) is 57.9 cm³/mol. The van der Waals surface area contributed by atoms with Gasteiger partial charge in [0, 0.05) is 6.42 Å². The van der Waals surface area contributed by atoms with E-state index in [4.69, 9.17) is 4.42 Å². The van der Waals surface area contributed by atoms with Crippen LogP contribution in [0.1, 0.15) is 28.8 Å². The Hall–Kier alpha value is -1.97. The Bertz CT molecular complexity index is 538. The fourth-order valence-corrected chi connectivity index (χ4v) is 1.53. The van der Waals surface area contributed by atoms with Crippen molar-refractivity contribution in [1.29, 1.82) is 0 Å². The molecule has 0 aliphatic rings. The lowest BCUT2D eigenvalue weighted by Gasteiger charge is -2.01. The van der Waals surface area contributed by atoms with E-state index in [1.165, 1.54) is 12.1 Å². The smallest absolute Gasteiger partial charge is 0.234 e. The van der Waals surface area contributed by atoms with E-state index in [2.05, 4.69) is 0 Å². The number of hydrogen-bond donors (Lipinski definition) is 0. The fourth-order valence-electron chi connectivity index (χ4n) is 1.53. The van der Waals surface area contributed by atoms with Gasteiger partial charge in [0.25, 0.3) is 0 Å². The monoisotopic (exact) mass is 236 g/mol. The first kappa shape index (κ1) is 11.5. The molecule has 17 heavy (non-hydrogen) atoms. The molecule has 88 valence electrons. The number of carbonyl (C=O) groups is 1. The largest absolute Gasteiger partial charge is 0.458 e. The molecule has 0 saturated heterocycles. The molecule has 0 atom stereocenters. The number of furan rings is 1. The van der Waals surface area contributed by atoms with E-state index in [1.54, 1.807) is 6.07 Å². The molecule has 0 radical (unpaired) electrons. The van der Waals surface area contributed by atoms with Gasteiger partial charge in [-0.3, -0.25) is 4.79 Å². The van der Waals surface area contributed by atoms with Gasteiger partial charge in [-0.1, -0.05) is 13.0 Å². The Morgan fingerprint density at radius 2 is 1.82 bits per heavy atom. The second kappa shape index (κ2) is 4.49. The summed E-state index contributed by atoms with van der Waals surface area (Å²) in [7, 11) is 0. The Morgan fingerprint density at radius 1 is 1.18 bits per heavy atom. The van der Waals surface area contributed by atoms with Crippen LogP contribution in [0.15, 0.2) is 34.7 Å². The van der Waals surface area contributed by atoms with Gasteiger partial charge in [0.2, 0.25) is 5.78 Å². The number of benzene rings is 1. The van der Waals surface area contributed by atoms with Gasteiger partial charge in [-0.15, -0.1) is 0 Å². The van der Waals surface area contributed by atoms with Crippen LogP contribution in [0.25, 0.3) is 0 Å². The highest BCUT2D eigenvalue weighted by Crippen LogP contribution is 2.18. The maximum atomic E-state index is 13.4. The van der Waals surface area contributed by atoms with Crippen molar-refractivity contribution in [2.45, 2.75) is 13.3 Å². The number of rotatable bonds is 3. The van der Waals surface area contributed by atoms with Gasteiger partial charge >= 0.3 is 0 Å².